The fraction of sp³-hybridized carbons (Fsp3) is 0.667. The Bertz CT molecular complexity index is 908. The van der Waals surface area contributed by atoms with E-state index in [0.717, 1.165) is 7.11 Å². The zero-order valence-corrected chi connectivity index (χ0v) is 17.9. The third kappa shape index (κ3) is 6.70. The minimum Gasteiger partial charge on any atom is -0.465 e. The molecule has 0 spiro atoms. The molecule has 0 radical (unpaired) electrons. The zero-order valence-electron chi connectivity index (χ0n) is 16.3. The topological polar surface area (TPSA) is 121 Å². The van der Waals surface area contributed by atoms with Gasteiger partial charge in [-0.05, 0) is 27.2 Å². The summed E-state index contributed by atoms with van der Waals surface area (Å²) in [5, 5.41) is 0.179. The van der Waals surface area contributed by atoms with Crippen LogP contribution in [0.25, 0.3) is 0 Å². The molecule has 1 aliphatic heterocycles. The van der Waals surface area contributed by atoms with Crippen molar-refractivity contribution in [2.45, 2.75) is 45.1 Å². The van der Waals surface area contributed by atoms with Crippen LogP contribution in [0.3, 0.4) is 0 Å². The molecule has 0 saturated carbocycles. The second-order valence-corrected chi connectivity index (χ2v) is 9.29. The van der Waals surface area contributed by atoms with Gasteiger partial charge in [-0.15, -0.1) is 28.7 Å². The van der Waals surface area contributed by atoms with Crippen molar-refractivity contribution in [3.8, 4) is 5.88 Å². The maximum absolute atomic E-state index is 12.2. The molecule has 0 N–H and O–H groups in total. The van der Waals surface area contributed by atoms with E-state index < -0.39 is 51.1 Å². The number of esters is 1. The zero-order chi connectivity index (χ0) is 22.9. The van der Waals surface area contributed by atoms with Gasteiger partial charge in [-0.1, -0.05) is 0 Å². The minimum atomic E-state index is -5.58. The van der Waals surface area contributed by atoms with Gasteiger partial charge in [0.25, 0.3) is 5.88 Å². The van der Waals surface area contributed by atoms with Gasteiger partial charge in [0.05, 0.1) is 7.11 Å². The van der Waals surface area contributed by atoms with Crippen LogP contribution in [0.4, 0.5) is 18.0 Å². The van der Waals surface area contributed by atoms with Crippen LogP contribution >= 0.6 is 11.3 Å². The summed E-state index contributed by atoms with van der Waals surface area (Å²) in [6, 6.07) is 0. The van der Waals surface area contributed by atoms with Crippen molar-refractivity contribution in [2.24, 2.45) is 0 Å². The smallest absolute Gasteiger partial charge is 0.465 e. The molecule has 1 fully saturated rings. The van der Waals surface area contributed by atoms with E-state index in [1.807, 2.05) is 0 Å². The lowest BCUT2D eigenvalue weighted by atomic mass is 10.1. The molecule has 0 aliphatic carbocycles. The summed E-state index contributed by atoms with van der Waals surface area (Å²) in [4.78, 5) is 28.8. The molecule has 1 amide bonds. The molecule has 0 bridgehead atoms. The molecule has 1 aliphatic rings. The fourth-order valence-electron chi connectivity index (χ4n) is 2.46. The van der Waals surface area contributed by atoms with E-state index in [4.69, 9.17) is 4.74 Å². The van der Waals surface area contributed by atoms with Crippen LogP contribution in [0.15, 0.2) is 0 Å². The number of nitrogens with zero attached hydrogens (tertiary/aromatic N) is 2. The predicted octanol–water partition coefficient (Wildman–Crippen LogP) is 2.81. The van der Waals surface area contributed by atoms with Crippen LogP contribution < -0.4 is 4.18 Å². The summed E-state index contributed by atoms with van der Waals surface area (Å²) in [5.41, 5.74) is -0.706. The van der Waals surface area contributed by atoms with E-state index in [1.165, 1.54) is 4.90 Å². The average Bonchev–Trinajstić information content (AvgIpc) is 3.16. The van der Waals surface area contributed by atoms with Gasteiger partial charge in [0.15, 0.2) is 4.88 Å². The lowest BCUT2D eigenvalue weighted by molar-refractivity contribution is -0.274. The van der Waals surface area contributed by atoms with Crippen molar-refractivity contribution in [3.05, 3.63) is 9.88 Å². The van der Waals surface area contributed by atoms with Gasteiger partial charge < -0.3 is 18.6 Å². The summed E-state index contributed by atoms with van der Waals surface area (Å²) >= 11 is 0.684. The molecule has 1 aromatic rings. The number of hydrogen-bond acceptors (Lipinski definition) is 10. The van der Waals surface area contributed by atoms with Crippen molar-refractivity contribution >= 4 is 33.8 Å². The number of likely N-dealkylation sites (tertiary alicyclic amines) is 1. The Labute approximate surface area is 174 Å². The molecule has 170 valence electrons. The number of amides is 1. The quantitative estimate of drug-likeness (QED) is 0.591. The second kappa shape index (κ2) is 8.55. The van der Waals surface area contributed by atoms with Crippen molar-refractivity contribution < 1.29 is 49.0 Å². The Morgan fingerprint density at radius 2 is 1.87 bits per heavy atom. The number of methoxy groups -OCH3 is 1. The summed E-state index contributed by atoms with van der Waals surface area (Å²) < 4.78 is 76.5. The summed E-state index contributed by atoms with van der Waals surface area (Å²) in [5.74, 6) is -2.38. The molecule has 1 saturated heterocycles. The second-order valence-electron chi connectivity index (χ2n) is 7.11. The first kappa shape index (κ1) is 24.1. The normalized spacial score (nSPS) is 17.7. The molecule has 2 heterocycles. The van der Waals surface area contributed by atoms with Crippen molar-refractivity contribution in [1.29, 1.82) is 0 Å². The van der Waals surface area contributed by atoms with Gasteiger partial charge in [-0.25, -0.2) is 14.6 Å². The van der Waals surface area contributed by atoms with Gasteiger partial charge in [0.2, 0.25) is 0 Å². The Morgan fingerprint density at radius 3 is 2.40 bits per heavy atom. The molecule has 1 unspecified atom stereocenters. The van der Waals surface area contributed by atoms with E-state index in [1.54, 1.807) is 20.8 Å². The van der Waals surface area contributed by atoms with E-state index in [-0.39, 0.29) is 11.6 Å². The largest absolute Gasteiger partial charge is 0.539 e. The number of ether oxygens (including phenoxy) is 2. The average molecular weight is 476 g/mol. The van der Waals surface area contributed by atoms with Gasteiger partial charge >= 0.3 is 28.8 Å². The molecule has 30 heavy (non-hydrogen) atoms. The predicted molar refractivity (Wildman–Crippen MR) is 95.3 cm³/mol. The first-order valence-corrected chi connectivity index (χ1v) is 10.5. The van der Waals surface area contributed by atoms with Crippen LogP contribution in [0, 0.1) is 0 Å². The van der Waals surface area contributed by atoms with Crippen LogP contribution in [0.1, 0.15) is 47.8 Å². The molecular weight excluding hydrogens is 457 g/mol. The van der Waals surface area contributed by atoms with Crippen LogP contribution in [-0.2, 0) is 24.1 Å². The van der Waals surface area contributed by atoms with Gasteiger partial charge in [-0.3, -0.25) is 0 Å². The Hall–Kier alpha value is -2.13. The SMILES string of the molecule is COC(=O)c1sc(C2CCN(C(=O)OC(C)(C)C)C2)nc1OS(=O)(=O)OC(F)(F)F. The standard InChI is InChI=1S/C15H19F3N2O8S2/c1-14(2,3)26-13(22)20-6-5-8(7-20)11-19-10(9(29-11)12(21)25-4)27-30(23,24)28-15(16,17)18/h8H,5-7H2,1-4H3. The molecular formula is C15H19F3N2O8S2. The van der Waals surface area contributed by atoms with Gasteiger partial charge in [-0.2, -0.15) is 8.42 Å². The lowest BCUT2D eigenvalue weighted by Crippen LogP contribution is -2.35. The molecule has 2 rings (SSSR count). The highest BCUT2D eigenvalue weighted by Gasteiger charge is 2.40. The van der Waals surface area contributed by atoms with Crippen LogP contribution in [0.5, 0.6) is 5.88 Å². The van der Waals surface area contributed by atoms with E-state index in [2.05, 4.69) is 18.1 Å². The number of carbonyl (C=O) groups is 2. The first-order valence-electron chi connectivity index (χ1n) is 8.39. The van der Waals surface area contributed by atoms with E-state index in [9.17, 15) is 31.2 Å². The van der Waals surface area contributed by atoms with Crippen molar-refractivity contribution in [3.63, 3.8) is 0 Å². The summed E-state index contributed by atoms with van der Waals surface area (Å²) in [6.45, 7) is 5.56. The third-order valence-corrected chi connectivity index (χ3v) is 5.48. The van der Waals surface area contributed by atoms with Crippen LogP contribution in [-0.4, -0.2) is 62.5 Å². The lowest BCUT2D eigenvalue weighted by Gasteiger charge is -2.24. The number of thiazole rings is 1. The van der Waals surface area contributed by atoms with E-state index >= 15 is 0 Å². The number of halogens is 3. The first-order chi connectivity index (χ1) is 13.6. The Morgan fingerprint density at radius 1 is 1.23 bits per heavy atom. The highest BCUT2D eigenvalue weighted by Crippen LogP contribution is 2.36. The fourth-order valence-corrected chi connectivity index (χ4v) is 4.13. The number of hydrogen-bond donors (Lipinski definition) is 0. The summed E-state index contributed by atoms with van der Waals surface area (Å²) in [7, 11) is -4.59. The summed E-state index contributed by atoms with van der Waals surface area (Å²) in [6.07, 6.45) is -5.69. The van der Waals surface area contributed by atoms with Crippen LogP contribution in [0.2, 0.25) is 0 Å². The van der Waals surface area contributed by atoms with Gasteiger partial charge in [0.1, 0.15) is 10.6 Å². The molecule has 1 aromatic heterocycles. The highest BCUT2D eigenvalue weighted by molar-refractivity contribution is 7.82. The monoisotopic (exact) mass is 476 g/mol. The number of carbonyl (C=O) groups excluding carboxylic acids is 2. The van der Waals surface area contributed by atoms with Gasteiger partial charge in [0, 0.05) is 19.0 Å². The highest BCUT2D eigenvalue weighted by atomic mass is 32.3. The Balaban J connectivity index is 2.23. The molecule has 15 heteroatoms. The molecule has 0 aromatic carbocycles. The van der Waals surface area contributed by atoms with Crippen molar-refractivity contribution in [2.75, 3.05) is 20.2 Å². The third-order valence-electron chi connectivity index (χ3n) is 3.55. The van der Waals surface area contributed by atoms with Crippen molar-refractivity contribution in [1.82, 2.24) is 9.88 Å². The maximum atomic E-state index is 12.2. The number of alkyl halides is 3. The van der Waals surface area contributed by atoms with E-state index in [0.29, 0.717) is 24.3 Å². The maximum Gasteiger partial charge on any atom is 0.539 e. The minimum absolute atomic E-state index is 0.147. The number of rotatable bonds is 5. The molecule has 10 nitrogen and oxygen atoms in total. The number of aromatic nitrogens is 1. The molecule has 1 atom stereocenters. The Kier molecular flexibility index (Phi) is 6.88.